The fourth-order valence-electron chi connectivity index (χ4n) is 3.79. The van der Waals surface area contributed by atoms with Gasteiger partial charge in [-0.15, -0.1) is 0 Å². The summed E-state index contributed by atoms with van der Waals surface area (Å²) in [7, 11) is 0. The van der Waals surface area contributed by atoms with E-state index < -0.39 is 31.1 Å². The summed E-state index contributed by atoms with van der Waals surface area (Å²) in [5.74, 6) is 0.695. The molecule has 26 heavy (non-hydrogen) atoms. The van der Waals surface area contributed by atoms with Crippen LogP contribution in [0.15, 0.2) is 6.33 Å². The summed E-state index contributed by atoms with van der Waals surface area (Å²) >= 11 is 0. The average molecular weight is 364 g/mol. The molecule has 1 saturated heterocycles. The predicted molar refractivity (Wildman–Crippen MR) is 93.2 cm³/mol. The first-order valence-corrected chi connectivity index (χ1v) is 8.97. The summed E-state index contributed by atoms with van der Waals surface area (Å²) in [6.45, 7) is -0.399. The lowest BCUT2D eigenvalue weighted by atomic mass is 9.96. The number of fused-ring (bicyclic) bond motifs is 1. The summed E-state index contributed by atoms with van der Waals surface area (Å²) < 4.78 is 7.29. The van der Waals surface area contributed by atoms with E-state index in [0.29, 0.717) is 17.1 Å². The lowest BCUT2D eigenvalue weighted by molar-refractivity contribution is -0.0502. The van der Waals surface area contributed by atoms with Crippen molar-refractivity contribution < 1.29 is 20.1 Å². The topological polar surface area (TPSA) is 152 Å². The standard InChI is InChI=1S/C16H24N6O4/c17-13-10-14(19-7-18-13)22(15-12(25)11(24)9(6-23)26-15)16(21-10)20-8-4-2-1-3-5-8/h7-9,11-12,15,23-25H,1-6H2,(H,20,21)(H2,17,18,19)/t9-,11-,12+,15+/m0/s1. The van der Waals surface area contributed by atoms with E-state index in [4.69, 9.17) is 10.5 Å². The molecule has 142 valence electrons. The normalized spacial score (nSPS) is 30.1. The Morgan fingerprint density at radius 2 is 1.96 bits per heavy atom. The van der Waals surface area contributed by atoms with Crippen molar-refractivity contribution in [3.8, 4) is 0 Å². The Labute approximate surface area is 150 Å². The fourth-order valence-corrected chi connectivity index (χ4v) is 3.79. The van der Waals surface area contributed by atoms with E-state index in [1.807, 2.05) is 0 Å². The largest absolute Gasteiger partial charge is 0.394 e. The van der Waals surface area contributed by atoms with Gasteiger partial charge in [0.2, 0.25) is 5.95 Å². The minimum Gasteiger partial charge on any atom is -0.394 e. The highest BCUT2D eigenvalue weighted by Gasteiger charge is 2.45. The van der Waals surface area contributed by atoms with E-state index in [9.17, 15) is 15.3 Å². The molecule has 1 aliphatic carbocycles. The summed E-state index contributed by atoms with van der Waals surface area (Å²) in [4.78, 5) is 12.7. The Hall–Kier alpha value is -2.01. The van der Waals surface area contributed by atoms with Crippen LogP contribution in [-0.2, 0) is 4.74 Å². The van der Waals surface area contributed by atoms with Crippen molar-refractivity contribution in [3.05, 3.63) is 6.33 Å². The minimum absolute atomic E-state index is 0.229. The van der Waals surface area contributed by atoms with E-state index in [-0.39, 0.29) is 11.9 Å². The van der Waals surface area contributed by atoms with Gasteiger partial charge in [-0.1, -0.05) is 19.3 Å². The molecule has 4 rings (SSSR count). The Bertz CT molecular complexity index is 777. The van der Waals surface area contributed by atoms with Gasteiger partial charge in [0, 0.05) is 6.04 Å². The zero-order valence-corrected chi connectivity index (χ0v) is 14.3. The first-order valence-electron chi connectivity index (χ1n) is 8.97. The van der Waals surface area contributed by atoms with E-state index in [1.165, 1.54) is 12.7 Å². The maximum Gasteiger partial charge on any atom is 0.207 e. The molecular weight excluding hydrogens is 340 g/mol. The minimum atomic E-state index is -1.23. The molecule has 2 aliphatic rings. The molecule has 1 aliphatic heterocycles. The number of rotatable bonds is 4. The van der Waals surface area contributed by atoms with Crippen molar-refractivity contribution in [2.45, 2.75) is 62.7 Å². The maximum absolute atomic E-state index is 10.5. The molecule has 10 heteroatoms. The first-order chi connectivity index (χ1) is 12.6. The predicted octanol–water partition coefficient (Wildman–Crippen LogP) is -0.235. The van der Waals surface area contributed by atoms with Crippen molar-refractivity contribution in [1.82, 2.24) is 19.5 Å². The smallest absolute Gasteiger partial charge is 0.207 e. The van der Waals surface area contributed by atoms with Gasteiger partial charge in [-0.2, -0.15) is 0 Å². The number of aromatic nitrogens is 4. The van der Waals surface area contributed by atoms with Crippen LogP contribution in [0.25, 0.3) is 11.2 Å². The van der Waals surface area contributed by atoms with Gasteiger partial charge in [0.05, 0.1) is 6.61 Å². The van der Waals surface area contributed by atoms with Crippen LogP contribution in [0, 0.1) is 0 Å². The lowest BCUT2D eigenvalue weighted by Crippen LogP contribution is -2.33. The fraction of sp³-hybridized carbons (Fsp3) is 0.688. The maximum atomic E-state index is 10.5. The van der Waals surface area contributed by atoms with Crippen LogP contribution in [-0.4, -0.2) is 65.8 Å². The van der Waals surface area contributed by atoms with Crippen LogP contribution in [0.5, 0.6) is 0 Å². The number of hydrogen-bond acceptors (Lipinski definition) is 9. The third-order valence-corrected chi connectivity index (χ3v) is 5.22. The molecule has 2 aromatic rings. The average Bonchev–Trinajstić information content (AvgIpc) is 3.15. The molecule has 4 atom stereocenters. The molecule has 0 aromatic carbocycles. The van der Waals surface area contributed by atoms with Gasteiger partial charge >= 0.3 is 0 Å². The van der Waals surface area contributed by atoms with Crippen LogP contribution in [0.1, 0.15) is 38.3 Å². The first kappa shape index (κ1) is 17.4. The van der Waals surface area contributed by atoms with Gasteiger partial charge in [0.1, 0.15) is 24.6 Å². The number of nitrogen functional groups attached to an aromatic ring is 1. The molecule has 3 heterocycles. The van der Waals surface area contributed by atoms with E-state index in [0.717, 1.165) is 25.7 Å². The highest BCUT2D eigenvalue weighted by atomic mass is 16.6. The number of aliphatic hydroxyl groups is 3. The van der Waals surface area contributed by atoms with E-state index >= 15 is 0 Å². The summed E-state index contributed by atoms with van der Waals surface area (Å²) in [6.07, 6.45) is 2.64. The second-order valence-corrected chi connectivity index (χ2v) is 6.94. The molecule has 1 saturated carbocycles. The van der Waals surface area contributed by atoms with E-state index in [2.05, 4.69) is 20.3 Å². The Morgan fingerprint density at radius 3 is 2.65 bits per heavy atom. The number of ether oxygens (including phenoxy) is 1. The van der Waals surface area contributed by atoms with Gasteiger partial charge in [-0.3, -0.25) is 4.57 Å². The van der Waals surface area contributed by atoms with Gasteiger partial charge in [-0.25, -0.2) is 15.0 Å². The zero-order valence-electron chi connectivity index (χ0n) is 14.3. The third kappa shape index (κ3) is 2.88. The van der Waals surface area contributed by atoms with Crippen molar-refractivity contribution in [1.29, 1.82) is 0 Å². The highest BCUT2D eigenvalue weighted by molar-refractivity contribution is 5.84. The SMILES string of the molecule is Nc1ncnc2c1nc(NC1CCCCC1)n2[C@@H]1O[C@@H](CO)[C@H](O)[C@H]1O. The molecule has 0 radical (unpaired) electrons. The summed E-state index contributed by atoms with van der Waals surface area (Å²) in [5, 5.41) is 33.4. The number of imidazole rings is 1. The summed E-state index contributed by atoms with van der Waals surface area (Å²) in [6, 6.07) is 0.255. The van der Waals surface area contributed by atoms with Gasteiger partial charge in [0.25, 0.3) is 0 Å². The van der Waals surface area contributed by atoms with Crippen molar-refractivity contribution in [2.24, 2.45) is 0 Å². The van der Waals surface area contributed by atoms with Crippen molar-refractivity contribution in [2.75, 3.05) is 17.7 Å². The van der Waals surface area contributed by atoms with Gasteiger partial charge in [-0.05, 0) is 12.8 Å². The Balaban J connectivity index is 1.76. The highest BCUT2D eigenvalue weighted by Crippen LogP contribution is 2.35. The number of anilines is 2. The van der Waals surface area contributed by atoms with E-state index in [1.54, 1.807) is 4.57 Å². The molecule has 0 spiro atoms. The van der Waals surface area contributed by atoms with Crippen molar-refractivity contribution in [3.63, 3.8) is 0 Å². The second kappa shape index (κ2) is 6.95. The van der Waals surface area contributed by atoms with Crippen LogP contribution in [0.2, 0.25) is 0 Å². The van der Waals surface area contributed by atoms with Gasteiger partial charge in [0.15, 0.2) is 23.2 Å². The molecule has 10 nitrogen and oxygen atoms in total. The van der Waals surface area contributed by atoms with Crippen LogP contribution >= 0.6 is 0 Å². The van der Waals surface area contributed by atoms with Crippen LogP contribution in [0.4, 0.5) is 11.8 Å². The molecule has 0 amide bonds. The quantitative estimate of drug-likeness (QED) is 0.495. The zero-order chi connectivity index (χ0) is 18.3. The second-order valence-electron chi connectivity index (χ2n) is 6.94. The van der Waals surface area contributed by atoms with Crippen molar-refractivity contribution >= 4 is 22.9 Å². The molecule has 2 fully saturated rings. The summed E-state index contributed by atoms with van der Waals surface area (Å²) in [5.41, 5.74) is 6.75. The van der Waals surface area contributed by atoms with Crippen LogP contribution in [0.3, 0.4) is 0 Å². The Morgan fingerprint density at radius 1 is 1.19 bits per heavy atom. The molecule has 6 N–H and O–H groups in total. The molecule has 0 unspecified atom stereocenters. The Kier molecular flexibility index (Phi) is 4.65. The van der Waals surface area contributed by atoms with Gasteiger partial charge < -0.3 is 31.1 Å². The van der Waals surface area contributed by atoms with Crippen LogP contribution < -0.4 is 11.1 Å². The number of nitrogens with zero attached hydrogens (tertiary/aromatic N) is 4. The number of nitrogens with one attached hydrogen (secondary N) is 1. The monoisotopic (exact) mass is 364 g/mol. The molecule has 2 aromatic heterocycles. The number of nitrogens with two attached hydrogens (primary N) is 1. The number of hydrogen-bond donors (Lipinski definition) is 5. The lowest BCUT2D eigenvalue weighted by Gasteiger charge is -2.25. The third-order valence-electron chi connectivity index (χ3n) is 5.22. The molecule has 0 bridgehead atoms. The molecular formula is C16H24N6O4. The number of aliphatic hydroxyl groups excluding tert-OH is 3.